The fourth-order valence-electron chi connectivity index (χ4n) is 1.45. The lowest BCUT2D eigenvalue weighted by atomic mass is 10.4. The highest BCUT2D eigenvalue weighted by molar-refractivity contribution is 7.89. The van der Waals surface area contributed by atoms with Gasteiger partial charge in [0.05, 0.1) is 26.0 Å². The standard InChI is InChI=1S/C10H19N3O4S/c1-9(8-17-3)12(2)18(15,16)10-6-11-13(7-10)4-5-14/h6-7,9,14H,4-5,8H2,1-3H3. The predicted molar refractivity (Wildman–Crippen MR) is 65.6 cm³/mol. The van der Waals surface area contributed by atoms with Crippen LogP contribution in [0.5, 0.6) is 0 Å². The molecule has 0 aliphatic carbocycles. The van der Waals surface area contributed by atoms with Crippen molar-refractivity contribution in [3.05, 3.63) is 12.4 Å². The number of nitrogens with zero attached hydrogens (tertiary/aromatic N) is 3. The minimum Gasteiger partial charge on any atom is -0.394 e. The summed E-state index contributed by atoms with van der Waals surface area (Å²) in [5, 5.41) is 12.6. The van der Waals surface area contributed by atoms with Crippen LogP contribution in [0.15, 0.2) is 17.3 Å². The third kappa shape index (κ3) is 3.29. The van der Waals surface area contributed by atoms with Crippen LogP contribution in [-0.4, -0.2) is 61.0 Å². The lowest BCUT2D eigenvalue weighted by Crippen LogP contribution is -2.37. The predicted octanol–water partition coefficient (Wildman–Crippen LogP) is -0.469. The van der Waals surface area contributed by atoms with Crippen molar-refractivity contribution in [2.24, 2.45) is 0 Å². The van der Waals surface area contributed by atoms with Crippen LogP contribution in [0, 0.1) is 0 Å². The van der Waals surface area contributed by atoms with Crippen LogP contribution in [-0.2, 0) is 21.3 Å². The lowest BCUT2D eigenvalue weighted by molar-refractivity contribution is 0.149. The summed E-state index contributed by atoms with van der Waals surface area (Å²) in [5.74, 6) is 0. The first-order chi connectivity index (χ1) is 8.43. The zero-order chi connectivity index (χ0) is 13.8. The van der Waals surface area contributed by atoms with E-state index in [1.807, 2.05) is 0 Å². The Kier molecular flexibility index (Phi) is 5.27. The summed E-state index contributed by atoms with van der Waals surface area (Å²) < 4.78 is 32.0. The Balaban J connectivity index is 2.90. The summed E-state index contributed by atoms with van der Waals surface area (Å²) in [6.45, 7) is 2.27. The number of ether oxygens (including phenoxy) is 1. The van der Waals surface area contributed by atoms with Crippen molar-refractivity contribution in [3.8, 4) is 0 Å². The monoisotopic (exact) mass is 277 g/mol. The molecule has 1 N–H and O–H groups in total. The smallest absolute Gasteiger partial charge is 0.246 e. The summed E-state index contributed by atoms with van der Waals surface area (Å²) in [5.41, 5.74) is 0. The molecule has 1 aromatic rings. The van der Waals surface area contributed by atoms with E-state index in [1.165, 1.54) is 35.5 Å². The van der Waals surface area contributed by atoms with Crippen LogP contribution in [0.25, 0.3) is 0 Å². The molecule has 1 rings (SSSR count). The Hall–Kier alpha value is -0.960. The highest BCUT2D eigenvalue weighted by Gasteiger charge is 2.26. The second kappa shape index (κ2) is 6.28. The van der Waals surface area contributed by atoms with Gasteiger partial charge in [-0.15, -0.1) is 0 Å². The average molecular weight is 277 g/mol. The molecule has 1 unspecified atom stereocenters. The van der Waals surface area contributed by atoms with E-state index in [1.54, 1.807) is 6.92 Å². The Morgan fingerprint density at radius 2 is 2.28 bits per heavy atom. The number of aromatic nitrogens is 2. The molecule has 0 saturated carbocycles. The van der Waals surface area contributed by atoms with Crippen LogP contribution in [0.1, 0.15) is 6.92 Å². The van der Waals surface area contributed by atoms with Crippen LogP contribution < -0.4 is 0 Å². The number of aliphatic hydroxyl groups excluding tert-OH is 1. The number of hydrogen-bond acceptors (Lipinski definition) is 5. The zero-order valence-corrected chi connectivity index (χ0v) is 11.6. The summed E-state index contributed by atoms with van der Waals surface area (Å²) in [4.78, 5) is 0.112. The average Bonchev–Trinajstić information content (AvgIpc) is 2.78. The SMILES string of the molecule is COCC(C)N(C)S(=O)(=O)c1cnn(CCO)c1. The van der Waals surface area contributed by atoms with Crippen LogP contribution >= 0.6 is 0 Å². The summed E-state index contributed by atoms with van der Waals surface area (Å²) in [6.07, 6.45) is 2.68. The fraction of sp³-hybridized carbons (Fsp3) is 0.700. The molecular formula is C10H19N3O4S. The van der Waals surface area contributed by atoms with Gasteiger partial charge < -0.3 is 9.84 Å². The Bertz CT molecular complexity index is 471. The van der Waals surface area contributed by atoms with E-state index >= 15 is 0 Å². The Morgan fingerprint density at radius 3 is 2.83 bits per heavy atom. The highest BCUT2D eigenvalue weighted by atomic mass is 32.2. The van der Waals surface area contributed by atoms with E-state index in [4.69, 9.17) is 9.84 Å². The Labute approximate surface area is 107 Å². The molecule has 0 bridgehead atoms. The lowest BCUT2D eigenvalue weighted by Gasteiger charge is -2.22. The molecule has 18 heavy (non-hydrogen) atoms. The molecule has 0 aromatic carbocycles. The molecule has 1 aromatic heterocycles. The maximum Gasteiger partial charge on any atom is 0.246 e. The van der Waals surface area contributed by atoms with Gasteiger partial charge in [-0.05, 0) is 6.92 Å². The fourth-order valence-corrected chi connectivity index (χ4v) is 2.75. The second-order valence-electron chi connectivity index (χ2n) is 3.99. The van der Waals surface area contributed by atoms with Gasteiger partial charge in [-0.25, -0.2) is 8.42 Å². The summed E-state index contributed by atoms with van der Waals surface area (Å²) in [6, 6.07) is -0.263. The maximum absolute atomic E-state index is 12.2. The van der Waals surface area contributed by atoms with Gasteiger partial charge in [0, 0.05) is 26.4 Å². The normalized spacial score (nSPS) is 14.1. The van der Waals surface area contributed by atoms with Crippen molar-refractivity contribution < 1.29 is 18.3 Å². The number of aliphatic hydroxyl groups is 1. The molecule has 1 heterocycles. The van der Waals surface area contributed by atoms with E-state index in [0.29, 0.717) is 6.61 Å². The molecule has 1 atom stereocenters. The molecule has 0 aliphatic heterocycles. The van der Waals surface area contributed by atoms with E-state index in [2.05, 4.69) is 5.10 Å². The summed E-state index contributed by atoms with van der Waals surface area (Å²) in [7, 11) is -0.543. The minimum absolute atomic E-state index is 0.0862. The number of sulfonamides is 1. The number of rotatable bonds is 7. The van der Waals surface area contributed by atoms with E-state index in [0.717, 1.165) is 0 Å². The highest BCUT2D eigenvalue weighted by Crippen LogP contribution is 2.15. The largest absolute Gasteiger partial charge is 0.394 e. The minimum atomic E-state index is -3.57. The van der Waals surface area contributed by atoms with E-state index < -0.39 is 10.0 Å². The molecule has 0 amide bonds. The summed E-state index contributed by atoms with van der Waals surface area (Å²) >= 11 is 0. The first-order valence-corrected chi connectivity index (χ1v) is 6.97. The molecule has 7 nitrogen and oxygen atoms in total. The maximum atomic E-state index is 12.2. The third-order valence-corrected chi connectivity index (χ3v) is 4.57. The van der Waals surface area contributed by atoms with Crippen LogP contribution in [0.3, 0.4) is 0 Å². The van der Waals surface area contributed by atoms with Gasteiger partial charge >= 0.3 is 0 Å². The van der Waals surface area contributed by atoms with Gasteiger partial charge in [-0.2, -0.15) is 9.40 Å². The molecular weight excluding hydrogens is 258 g/mol. The van der Waals surface area contributed by atoms with Crippen molar-refractivity contribution in [1.29, 1.82) is 0 Å². The van der Waals surface area contributed by atoms with Gasteiger partial charge in [0.15, 0.2) is 0 Å². The first kappa shape index (κ1) is 15.1. The quantitative estimate of drug-likeness (QED) is 0.728. The van der Waals surface area contributed by atoms with Crippen molar-refractivity contribution in [1.82, 2.24) is 14.1 Å². The van der Waals surface area contributed by atoms with Crippen LogP contribution in [0.4, 0.5) is 0 Å². The van der Waals surface area contributed by atoms with Crippen molar-refractivity contribution in [3.63, 3.8) is 0 Å². The number of likely N-dealkylation sites (N-methyl/N-ethyl adjacent to an activating group) is 1. The van der Waals surface area contributed by atoms with Gasteiger partial charge in [0.25, 0.3) is 0 Å². The zero-order valence-electron chi connectivity index (χ0n) is 10.8. The van der Waals surface area contributed by atoms with E-state index in [9.17, 15) is 8.42 Å². The third-order valence-electron chi connectivity index (χ3n) is 2.64. The molecule has 0 saturated heterocycles. The molecule has 0 radical (unpaired) electrons. The molecule has 0 fully saturated rings. The second-order valence-corrected chi connectivity index (χ2v) is 5.99. The molecule has 8 heteroatoms. The first-order valence-electron chi connectivity index (χ1n) is 5.53. The van der Waals surface area contributed by atoms with Gasteiger partial charge in [-0.1, -0.05) is 0 Å². The van der Waals surface area contributed by atoms with E-state index in [-0.39, 0.29) is 24.1 Å². The number of methoxy groups -OCH3 is 1. The topological polar surface area (TPSA) is 84.7 Å². The van der Waals surface area contributed by atoms with Gasteiger partial charge in [0.1, 0.15) is 4.90 Å². The van der Waals surface area contributed by atoms with Crippen molar-refractivity contribution in [2.75, 3.05) is 27.4 Å². The molecule has 104 valence electrons. The van der Waals surface area contributed by atoms with Gasteiger partial charge in [0.2, 0.25) is 10.0 Å². The Morgan fingerprint density at radius 1 is 1.61 bits per heavy atom. The van der Waals surface area contributed by atoms with Crippen molar-refractivity contribution in [2.45, 2.75) is 24.4 Å². The van der Waals surface area contributed by atoms with Gasteiger partial charge in [-0.3, -0.25) is 4.68 Å². The van der Waals surface area contributed by atoms with Crippen molar-refractivity contribution >= 4 is 10.0 Å². The number of hydrogen-bond donors (Lipinski definition) is 1. The van der Waals surface area contributed by atoms with Crippen LogP contribution in [0.2, 0.25) is 0 Å². The molecule has 0 aliphatic rings. The molecule has 0 spiro atoms.